The van der Waals surface area contributed by atoms with Gasteiger partial charge in [-0.3, -0.25) is 24.8 Å². The number of carbonyl (C=O) groups excluding carboxylic acids is 2. The smallest absolute Gasteiger partial charge is 0.282 e. The molecule has 10 nitrogen and oxygen atoms in total. The standard InChI is InChI=1S/C19H17N5O5/c25-18(20-10-12-4-3-9-29-12)17-14-11-23(8-7-15(14)21-22-17)19(26)13-5-1-2-6-16(13)24(27)28/h1-6,9H,7-8,10-11H2,(H,20,25)(H,21,22). The Kier molecular flexibility index (Phi) is 4.82. The second-order valence-corrected chi connectivity index (χ2v) is 6.54. The quantitative estimate of drug-likeness (QED) is 0.501. The molecule has 3 aromatic rings. The molecule has 10 heteroatoms. The van der Waals surface area contributed by atoms with Gasteiger partial charge in [0.1, 0.15) is 11.3 Å². The Morgan fingerprint density at radius 2 is 2.10 bits per heavy atom. The number of para-hydroxylation sites is 1. The lowest BCUT2D eigenvalue weighted by Crippen LogP contribution is -2.37. The van der Waals surface area contributed by atoms with Crippen LogP contribution in [0.4, 0.5) is 5.69 Å². The first kappa shape index (κ1) is 18.4. The number of rotatable bonds is 5. The third kappa shape index (κ3) is 3.59. The molecule has 0 fully saturated rings. The van der Waals surface area contributed by atoms with E-state index in [1.54, 1.807) is 18.2 Å². The van der Waals surface area contributed by atoms with Crippen LogP contribution in [0.1, 0.15) is 37.9 Å². The fourth-order valence-corrected chi connectivity index (χ4v) is 3.30. The van der Waals surface area contributed by atoms with Crippen molar-refractivity contribution >= 4 is 17.5 Å². The minimum Gasteiger partial charge on any atom is -0.467 e. The molecule has 2 aromatic heterocycles. The SMILES string of the molecule is O=C(NCc1ccco1)c1n[nH]c2c1CN(C(=O)c1ccccc1[N+](=O)[O-])CC2. The Balaban J connectivity index is 1.53. The Morgan fingerprint density at radius 1 is 1.28 bits per heavy atom. The third-order valence-electron chi connectivity index (χ3n) is 4.77. The molecule has 0 saturated carbocycles. The number of aromatic amines is 1. The van der Waals surface area contributed by atoms with Crippen molar-refractivity contribution in [1.29, 1.82) is 0 Å². The van der Waals surface area contributed by atoms with Gasteiger partial charge in [-0.05, 0) is 18.2 Å². The normalized spacial score (nSPS) is 13.0. The van der Waals surface area contributed by atoms with Crippen molar-refractivity contribution in [2.45, 2.75) is 19.5 Å². The summed E-state index contributed by atoms with van der Waals surface area (Å²) in [4.78, 5) is 37.6. The first-order chi connectivity index (χ1) is 14.0. The van der Waals surface area contributed by atoms with E-state index in [2.05, 4.69) is 15.5 Å². The molecule has 3 heterocycles. The zero-order valence-electron chi connectivity index (χ0n) is 15.3. The molecule has 4 rings (SSSR count). The Hall–Kier alpha value is -3.95. The maximum Gasteiger partial charge on any atom is 0.282 e. The predicted molar refractivity (Wildman–Crippen MR) is 100 cm³/mol. The molecule has 2 amide bonds. The number of furan rings is 1. The van der Waals surface area contributed by atoms with Gasteiger partial charge in [0.15, 0.2) is 5.69 Å². The maximum atomic E-state index is 12.9. The Labute approximate surface area is 164 Å². The van der Waals surface area contributed by atoms with Crippen LogP contribution >= 0.6 is 0 Å². The predicted octanol–water partition coefficient (Wildman–Crippen LogP) is 2.04. The fraction of sp³-hybridized carbons (Fsp3) is 0.211. The van der Waals surface area contributed by atoms with Crippen molar-refractivity contribution in [3.05, 3.63) is 81.1 Å². The zero-order valence-corrected chi connectivity index (χ0v) is 15.3. The van der Waals surface area contributed by atoms with Crippen molar-refractivity contribution in [2.75, 3.05) is 6.54 Å². The largest absolute Gasteiger partial charge is 0.467 e. The molecule has 0 spiro atoms. The molecule has 0 radical (unpaired) electrons. The summed E-state index contributed by atoms with van der Waals surface area (Å²) in [6.45, 7) is 0.722. The number of aromatic nitrogens is 2. The number of hydrogen-bond donors (Lipinski definition) is 2. The number of H-pyrrole nitrogens is 1. The number of nitrogens with zero attached hydrogens (tertiary/aromatic N) is 3. The van der Waals surface area contributed by atoms with Gasteiger partial charge in [0.05, 0.1) is 24.3 Å². The maximum absolute atomic E-state index is 12.9. The molecular formula is C19H17N5O5. The van der Waals surface area contributed by atoms with Crippen LogP contribution in [0.3, 0.4) is 0 Å². The second-order valence-electron chi connectivity index (χ2n) is 6.54. The van der Waals surface area contributed by atoms with Gasteiger partial charge in [0, 0.05) is 30.3 Å². The van der Waals surface area contributed by atoms with Crippen LogP contribution < -0.4 is 5.32 Å². The molecule has 0 aliphatic carbocycles. The van der Waals surface area contributed by atoms with E-state index in [1.807, 2.05) is 0 Å². The number of nitrogens with one attached hydrogen (secondary N) is 2. The van der Waals surface area contributed by atoms with Crippen molar-refractivity contribution in [3.63, 3.8) is 0 Å². The molecule has 2 N–H and O–H groups in total. The molecule has 148 valence electrons. The highest BCUT2D eigenvalue weighted by atomic mass is 16.6. The summed E-state index contributed by atoms with van der Waals surface area (Å²) in [7, 11) is 0. The zero-order chi connectivity index (χ0) is 20.4. The van der Waals surface area contributed by atoms with Crippen LogP contribution in [0.5, 0.6) is 0 Å². The number of benzene rings is 1. The summed E-state index contributed by atoms with van der Waals surface area (Å²) in [5.41, 5.74) is 1.37. The summed E-state index contributed by atoms with van der Waals surface area (Å²) < 4.78 is 5.19. The average Bonchev–Trinajstić information content (AvgIpc) is 3.40. The van der Waals surface area contributed by atoms with Gasteiger partial charge in [0.25, 0.3) is 17.5 Å². The molecule has 1 aliphatic rings. The first-order valence-corrected chi connectivity index (χ1v) is 8.94. The molecule has 1 aromatic carbocycles. The van der Waals surface area contributed by atoms with Gasteiger partial charge in [-0.1, -0.05) is 12.1 Å². The van der Waals surface area contributed by atoms with E-state index in [0.717, 1.165) is 5.69 Å². The number of carbonyl (C=O) groups is 2. The van der Waals surface area contributed by atoms with Gasteiger partial charge in [0.2, 0.25) is 0 Å². The molecule has 0 unspecified atom stereocenters. The van der Waals surface area contributed by atoms with E-state index in [0.29, 0.717) is 24.3 Å². The molecule has 0 bridgehead atoms. The highest BCUT2D eigenvalue weighted by Crippen LogP contribution is 2.25. The average molecular weight is 395 g/mol. The number of fused-ring (bicyclic) bond motifs is 1. The summed E-state index contributed by atoms with van der Waals surface area (Å²) in [6, 6.07) is 9.30. The van der Waals surface area contributed by atoms with Gasteiger partial charge in [-0.25, -0.2) is 0 Å². The number of hydrogen-bond acceptors (Lipinski definition) is 6. The minimum absolute atomic E-state index is 0.0215. The Bertz CT molecular complexity index is 1070. The number of nitro benzene ring substituents is 1. The number of amides is 2. The summed E-state index contributed by atoms with van der Waals surface area (Å²) in [6.07, 6.45) is 1.99. The first-order valence-electron chi connectivity index (χ1n) is 8.94. The van der Waals surface area contributed by atoms with E-state index < -0.39 is 10.8 Å². The van der Waals surface area contributed by atoms with Crippen molar-refractivity contribution in [2.24, 2.45) is 0 Å². The van der Waals surface area contributed by atoms with Crippen LogP contribution in [0, 0.1) is 10.1 Å². The highest BCUT2D eigenvalue weighted by Gasteiger charge is 2.30. The van der Waals surface area contributed by atoms with E-state index in [4.69, 9.17) is 4.42 Å². The fourth-order valence-electron chi connectivity index (χ4n) is 3.30. The van der Waals surface area contributed by atoms with Gasteiger partial charge < -0.3 is 14.6 Å². The van der Waals surface area contributed by atoms with Crippen molar-refractivity contribution < 1.29 is 18.9 Å². The second kappa shape index (κ2) is 7.58. The van der Waals surface area contributed by atoms with Crippen LogP contribution in [-0.2, 0) is 19.5 Å². The lowest BCUT2D eigenvalue weighted by atomic mass is 10.0. The number of nitro groups is 1. The van der Waals surface area contributed by atoms with Gasteiger partial charge in [-0.2, -0.15) is 5.10 Å². The molecule has 0 atom stereocenters. The van der Waals surface area contributed by atoms with Crippen molar-refractivity contribution in [1.82, 2.24) is 20.4 Å². The summed E-state index contributed by atoms with van der Waals surface area (Å²) in [5.74, 6) is -0.235. The van der Waals surface area contributed by atoms with Gasteiger partial charge >= 0.3 is 0 Å². The van der Waals surface area contributed by atoms with Crippen LogP contribution in [-0.4, -0.2) is 38.4 Å². The monoisotopic (exact) mass is 395 g/mol. The third-order valence-corrected chi connectivity index (χ3v) is 4.77. The molecular weight excluding hydrogens is 378 g/mol. The van der Waals surface area contributed by atoms with Crippen molar-refractivity contribution in [3.8, 4) is 0 Å². The molecule has 1 aliphatic heterocycles. The molecule has 0 saturated heterocycles. The van der Waals surface area contributed by atoms with E-state index in [1.165, 1.54) is 29.4 Å². The summed E-state index contributed by atoms with van der Waals surface area (Å²) in [5, 5.41) is 20.9. The lowest BCUT2D eigenvalue weighted by molar-refractivity contribution is -0.385. The Morgan fingerprint density at radius 3 is 2.86 bits per heavy atom. The van der Waals surface area contributed by atoms with E-state index >= 15 is 0 Å². The lowest BCUT2D eigenvalue weighted by Gasteiger charge is -2.27. The van der Waals surface area contributed by atoms with Gasteiger partial charge in [-0.15, -0.1) is 0 Å². The topological polar surface area (TPSA) is 134 Å². The van der Waals surface area contributed by atoms with Crippen LogP contribution in [0.2, 0.25) is 0 Å². The van der Waals surface area contributed by atoms with E-state index in [9.17, 15) is 19.7 Å². The molecule has 29 heavy (non-hydrogen) atoms. The highest BCUT2D eigenvalue weighted by molar-refractivity contribution is 5.99. The van der Waals surface area contributed by atoms with Crippen LogP contribution in [0.15, 0.2) is 47.1 Å². The summed E-state index contributed by atoms with van der Waals surface area (Å²) >= 11 is 0. The minimum atomic E-state index is -0.575. The van der Waals surface area contributed by atoms with E-state index in [-0.39, 0.29) is 35.9 Å². The van der Waals surface area contributed by atoms with Crippen LogP contribution in [0.25, 0.3) is 0 Å².